The number of nitrogens with zero attached hydrogens (tertiary/aromatic N) is 9. The summed E-state index contributed by atoms with van der Waals surface area (Å²) < 4.78 is 12.9. The minimum Gasteiger partial charge on any atom is -0.496 e. The second-order valence-corrected chi connectivity index (χ2v) is 14.1. The number of anilines is 2. The van der Waals surface area contributed by atoms with Crippen molar-refractivity contribution in [3.63, 3.8) is 0 Å². The average Bonchev–Trinajstić information content (AvgIpc) is 3.89. The fourth-order valence-corrected chi connectivity index (χ4v) is 6.89. The summed E-state index contributed by atoms with van der Waals surface area (Å²) in [7, 11) is 7.43. The molecule has 0 atom stereocenters. The van der Waals surface area contributed by atoms with Crippen molar-refractivity contribution < 1.29 is 14.3 Å². The number of methoxy groups -OCH3 is 1. The second kappa shape index (κ2) is 17.0. The molecule has 310 valence electrons. The molecule has 0 saturated carbocycles. The molecular weight excluding hydrogens is 783 g/mol. The Balaban J connectivity index is 0.000000184. The fraction of sp³-hybridized carbons (Fsp3) is 0.186. The number of rotatable bonds is 9. The SMILES string of the molecule is COc1cc(NC(=O)Cn2cnc3c2c(=O)n(C)c(=O)n3C)ccc1-c1ccccc1.Cc1cc(-c2ccncc2)ccc1NC(=O)Cn1cnc2c1c(=O)n(C)c(=O)n2C. The quantitative estimate of drug-likeness (QED) is 0.218. The van der Waals surface area contributed by atoms with Gasteiger partial charge in [-0.05, 0) is 65.6 Å². The minimum absolute atomic E-state index is 0.102. The van der Waals surface area contributed by atoms with Crippen molar-refractivity contribution in [2.24, 2.45) is 28.2 Å². The summed E-state index contributed by atoms with van der Waals surface area (Å²) in [6, 6.07) is 24.8. The number of benzene rings is 3. The van der Waals surface area contributed by atoms with Crippen molar-refractivity contribution in [2.45, 2.75) is 20.0 Å². The summed E-state index contributed by atoms with van der Waals surface area (Å²) in [4.78, 5) is 86.7. The zero-order valence-corrected chi connectivity index (χ0v) is 34.1. The molecule has 3 aromatic carbocycles. The van der Waals surface area contributed by atoms with Crippen molar-refractivity contribution in [1.29, 1.82) is 0 Å². The van der Waals surface area contributed by atoms with E-state index in [1.807, 2.05) is 73.7 Å². The van der Waals surface area contributed by atoms with Crippen molar-refractivity contribution in [3.05, 3.63) is 151 Å². The highest BCUT2D eigenvalue weighted by Crippen LogP contribution is 2.32. The van der Waals surface area contributed by atoms with Crippen LogP contribution in [0.4, 0.5) is 11.4 Å². The van der Waals surface area contributed by atoms with Crippen molar-refractivity contribution in [3.8, 4) is 28.0 Å². The molecule has 5 aromatic heterocycles. The molecule has 0 aliphatic carbocycles. The molecule has 8 aromatic rings. The van der Waals surface area contributed by atoms with E-state index in [-0.39, 0.29) is 47.2 Å². The highest BCUT2D eigenvalue weighted by atomic mass is 16.5. The molecule has 0 bridgehead atoms. The van der Waals surface area contributed by atoms with E-state index >= 15 is 0 Å². The van der Waals surface area contributed by atoms with E-state index in [4.69, 9.17) is 4.74 Å². The maximum Gasteiger partial charge on any atom is 0.332 e. The molecule has 18 heteroatoms. The highest BCUT2D eigenvalue weighted by Gasteiger charge is 2.18. The van der Waals surface area contributed by atoms with E-state index in [1.165, 1.54) is 59.1 Å². The number of nitrogens with one attached hydrogen (secondary N) is 2. The Morgan fingerprint density at radius 3 is 1.72 bits per heavy atom. The number of aryl methyl sites for hydroxylation is 3. The van der Waals surface area contributed by atoms with Crippen molar-refractivity contribution >= 4 is 45.5 Å². The van der Waals surface area contributed by atoms with Gasteiger partial charge in [0.25, 0.3) is 11.1 Å². The van der Waals surface area contributed by atoms with Crippen LogP contribution in [0.25, 0.3) is 44.6 Å². The number of amides is 2. The number of ether oxygens (including phenoxy) is 1. The first-order valence-corrected chi connectivity index (χ1v) is 18.8. The summed E-state index contributed by atoms with van der Waals surface area (Å²) >= 11 is 0. The molecule has 0 saturated heterocycles. The van der Waals surface area contributed by atoms with Crippen LogP contribution >= 0.6 is 0 Å². The van der Waals surface area contributed by atoms with Gasteiger partial charge in [-0.1, -0.05) is 36.4 Å². The van der Waals surface area contributed by atoms with Gasteiger partial charge in [0.15, 0.2) is 22.3 Å². The number of carbonyl (C=O) groups excluding carboxylic acids is 2. The molecule has 5 heterocycles. The van der Waals surface area contributed by atoms with Crippen LogP contribution in [0.2, 0.25) is 0 Å². The molecule has 0 aliphatic heterocycles. The lowest BCUT2D eigenvalue weighted by Gasteiger charge is -2.12. The van der Waals surface area contributed by atoms with Gasteiger partial charge in [0.1, 0.15) is 18.8 Å². The lowest BCUT2D eigenvalue weighted by molar-refractivity contribution is -0.117. The van der Waals surface area contributed by atoms with Crippen LogP contribution in [0.1, 0.15) is 5.56 Å². The summed E-state index contributed by atoms with van der Waals surface area (Å²) in [5.74, 6) is -0.0179. The van der Waals surface area contributed by atoms with Crippen LogP contribution < -0.4 is 37.9 Å². The van der Waals surface area contributed by atoms with Crippen LogP contribution in [0.5, 0.6) is 5.75 Å². The van der Waals surface area contributed by atoms with E-state index in [2.05, 4.69) is 25.6 Å². The van der Waals surface area contributed by atoms with E-state index in [1.54, 1.807) is 31.6 Å². The molecule has 0 radical (unpaired) electrons. The highest BCUT2D eigenvalue weighted by molar-refractivity contribution is 5.93. The van der Waals surface area contributed by atoms with Crippen LogP contribution in [0, 0.1) is 6.92 Å². The average molecular weight is 824 g/mol. The van der Waals surface area contributed by atoms with Crippen LogP contribution in [0.3, 0.4) is 0 Å². The normalized spacial score (nSPS) is 11.0. The lowest BCUT2D eigenvalue weighted by Crippen LogP contribution is -2.37. The molecule has 8 rings (SSSR count). The van der Waals surface area contributed by atoms with Gasteiger partial charge in [-0.2, -0.15) is 0 Å². The number of hydrogen-bond donors (Lipinski definition) is 2. The van der Waals surface area contributed by atoms with Gasteiger partial charge in [0, 0.05) is 63.6 Å². The molecule has 2 amide bonds. The number of fused-ring (bicyclic) bond motifs is 2. The van der Waals surface area contributed by atoms with Crippen LogP contribution in [-0.4, -0.2) is 61.3 Å². The Bertz CT molecular complexity index is 3210. The van der Waals surface area contributed by atoms with Gasteiger partial charge in [-0.25, -0.2) is 19.6 Å². The minimum atomic E-state index is -0.503. The van der Waals surface area contributed by atoms with E-state index < -0.39 is 22.5 Å². The third kappa shape index (κ3) is 8.14. The van der Waals surface area contributed by atoms with Crippen molar-refractivity contribution in [1.82, 2.24) is 42.4 Å². The van der Waals surface area contributed by atoms with Gasteiger partial charge in [-0.3, -0.25) is 42.4 Å². The summed E-state index contributed by atoms with van der Waals surface area (Å²) in [5, 5.41) is 5.69. The van der Waals surface area contributed by atoms with Crippen LogP contribution in [-0.2, 0) is 50.9 Å². The van der Waals surface area contributed by atoms with E-state index in [9.17, 15) is 28.8 Å². The van der Waals surface area contributed by atoms with Gasteiger partial charge in [0.2, 0.25) is 11.8 Å². The maximum atomic E-state index is 12.6. The molecule has 61 heavy (non-hydrogen) atoms. The molecule has 18 nitrogen and oxygen atoms in total. The molecule has 0 unspecified atom stereocenters. The zero-order chi connectivity index (χ0) is 43.5. The summed E-state index contributed by atoms with van der Waals surface area (Å²) in [6.45, 7) is 1.68. The van der Waals surface area contributed by atoms with Gasteiger partial charge < -0.3 is 24.5 Å². The van der Waals surface area contributed by atoms with E-state index in [0.717, 1.165) is 37.0 Å². The first kappa shape index (κ1) is 41.0. The molecule has 0 aliphatic rings. The van der Waals surface area contributed by atoms with Crippen LogP contribution in [0.15, 0.2) is 123 Å². The Morgan fingerprint density at radius 2 is 1.18 bits per heavy atom. The van der Waals surface area contributed by atoms with Crippen molar-refractivity contribution in [2.75, 3.05) is 17.7 Å². The molecule has 0 spiro atoms. The summed E-state index contributed by atoms with van der Waals surface area (Å²) in [5.41, 5.74) is 5.07. The third-order valence-corrected chi connectivity index (χ3v) is 10.1. The topological polar surface area (TPSA) is 204 Å². The third-order valence-electron chi connectivity index (χ3n) is 10.1. The first-order valence-electron chi connectivity index (χ1n) is 18.8. The van der Waals surface area contributed by atoms with Gasteiger partial charge in [-0.15, -0.1) is 0 Å². The number of aromatic nitrogens is 9. The lowest BCUT2D eigenvalue weighted by atomic mass is 10.0. The first-order chi connectivity index (χ1) is 29.3. The maximum absolute atomic E-state index is 12.6. The predicted molar refractivity (Wildman–Crippen MR) is 231 cm³/mol. The molecular formula is C43H41N11O7. The van der Waals surface area contributed by atoms with E-state index in [0.29, 0.717) is 17.1 Å². The Labute approximate surface area is 346 Å². The predicted octanol–water partition coefficient (Wildman–Crippen LogP) is 3.19. The largest absolute Gasteiger partial charge is 0.496 e. The van der Waals surface area contributed by atoms with Gasteiger partial charge >= 0.3 is 11.4 Å². The van der Waals surface area contributed by atoms with Gasteiger partial charge in [0.05, 0.1) is 19.8 Å². The number of carbonyl (C=O) groups is 2. The smallest absolute Gasteiger partial charge is 0.332 e. The number of imidazole rings is 2. The zero-order valence-electron chi connectivity index (χ0n) is 34.1. The number of hydrogen-bond acceptors (Lipinski definition) is 10. The Hall–Kier alpha value is -8.15. The Kier molecular flexibility index (Phi) is 11.4. The standard InChI is InChI=1S/C22H21N5O4.C21H20N6O3/c1-25-20-19(21(29)26(2)22(25)30)27(13-23-20)12-18(28)24-15-9-10-16(17(11-15)31-3)14-7-5-4-6-8-14;1-13-10-15(14-6-8-22-9-7-14)4-5-16(13)24-17(28)11-27-12-23-19-18(27)20(29)26(3)21(30)25(19)2/h4-11,13H,12H2,1-3H3,(H,24,28);4-10,12H,11H2,1-3H3,(H,24,28). The molecule has 0 fully saturated rings. The number of pyridine rings is 1. The molecule has 2 N–H and O–H groups in total. The fourth-order valence-electron chi connectivity index (χ4n) is 6.89. The second-order valence-electron chi connectivity index (χ2n) is 14.1. The monoisotopic (exact) mass is 823 g/mol. The summed E-state index contributed by atoms with van der Waals surface area (Å²) in [6.07, 6.45) is 6.24. The Morgan fingerprint density at radius 1 is 0.623 bits per heavy atom.